The fourth-order valence-corrected chi connectivity index (χ4v) is 4.33. The van der Waals surface area contributed by atoms with Crippen LogP contribution in [0.25, 0.3) is 0 Å². The molecular formula is C19H21FN2O3S. The molecule has 2 aromatic rings. The molecule has 0 atom stereocenters. The molecule has 1 N–H and O–H groups in total. The second-order valence-electron chi connectivity index (χ2n) is 6.69. The van der Waals surface area contributed by atoms with Crippen molar-refractivity contribution in [3.8, 4) is 0 Å². The lowest BCUT2D eigenvalue weighted by molar-refractivity contribution is 0.0734. The zero-order valence-electron chi connectivity index (χ0n) is 14.7. The summed E-state index contributed by atoms with van der Waals surface area (Å²) in [5.74, 6) is -0.581. The average molecular weight is 376 g/mol. The molecule has 1 amide bonds. The summed E-state index contributed by atoms with van der Waals surface area (Å²) >= 11 is 0. The van der Waals surface area contributed by atoms with Gasteiger partial charge in [-0.3, -0.25) is 4.79 Å². The monoisotopic (exact) mass is 376 g/mol. The van der Waals surface area contributed by atoms with E-state index < -0.39 is 15.8 Å². The molecule has 7 heteroatoms. The second-order valence-corrected chi connectivity index (χ2v) is 8.40. The maximum absolute atomic E-state index is 13.0. The highest BCUT2D eigenvalue weighted by atomic mass is 32.2. The molecule has 5 nitrogen and oxygen atoms in total. The molecule has 2 aromatic carbocycles. The summed E-state index contributed by atoms with van der Waals surface area (Å²) in [5.41, 5.74) is 2.27. The van der Waals surface area contributed by atoms with E-state index in [1.54, 1.807) is 30.9 Å². The van der Waals surface area contributed by atoms with Crippen LogP contribution in [-0.4, -0.2) is 31.8 Å². The SMILES string of the molecule is CC(C)NS(=O)(=O)c1ccc2c(c1)CN(C(=O)c1ccc(F)cc1)CC2. The third-order valence-electron chi connectivity index (χ3n) is 4.27. The summed E-state index contributed by atoms with van der Waals surface area (Å²) in [4.78, 5) is 14.5. The minimum atomic E-state index is -3.58. The first-order valence-electron chi connectivity index (χ1n) is 8.45. The van der Waals surface area contributed by atoms with Gasteiger partial charge in [-0.15, -0.1) is 0 Å². The Kier molecular flexibility index (Phi) is 5.11. The van der Waals surface area contributed by atoms with Crippen LogP contribution in [0.15, 0.2) is 47.4 Å². The number of carbonyl (C=O) groups is 1. The molecule has 26 heavy (non-hydrogen) atoms. The number of nitrogens with zero attached hydrogens (tertiary/aromatic N) is 1. The van der Waals surface area contributed by atoms with Crippen LogP contribution < -0.4 is 4.72 Å². The average Bonchev–Trinajstić information content (AvgIpc) is 2.59. The molecule has 0 bridgehead atoms. The summed E-state index contributed by atoms with van der Waals surface area (Å²) in [7, 11) is -3.58. The van der Waals surface area contributed by atoms with Gasteiger partial charge in [0.05, 0.1) is 4.90 Å². The summed E-state index contributed by atoms with van der Waals surface area (Å²) in [6, 6.07) is 10.3. The summed E-state index contributed by atoms with van der Waals surface area (Å²) < 4.78 is 40.4. The molecule has 0 radical (unpaired) electrons. The number of benzene rings is 2. The van der Waals surface area contributed by atoms with Gasteiger partial charge >= 0.3 is 0 Å². The molecule has 0 unspecified atom stereocenters. The molecule has 3 rings (SSSR count). The maximum Gasteiger partial charge on any atom is 0.254 e. The fraction of sp³-hybridized carbons (Fsp3) is 0.316. The van der Waals surface area contributed by atoms with Gasteiger partial charge in [-0.1, -0.05) is 6.07 Å². The van der Waals surface area contributed by atoms with Gasteiger partial charge in [0, 0.05) is 24.7 Å². The third kappa shape index (κ3) is 3.94. The smallest absolute Gasteiger partial charge is 0.254 e. The molecule has 1 heterocycles. The normalized spacial score (nSPS) is 14.4. The predicted molar refractivity (Wildman–Crippen MR) is 96.7 cm³/mol. The molecule has 0 saturated carbocycles. The number of amides is 1. The summed E-state index contributed by atoms with van der Waals surface area (Å²) in [6.45, 7) is 4.40. The number of hydrogen-bond acceptors (Lipinski definition) is 3. The van der Waals surface area contributed by atoms with Gasteiger partial charge in [0.1, 0.15) is 5.82 Å². The predicted octanol–water partition coefficient (Wildman–Crippen LogP) is 2.71. The van der Waals surface area contributed by atoms with Crippen LogP contribution in [0, 0.1) is 5.82 Å². The van der Waals surface area contributed by atoms with Crippen molar-refractivity contribution in [3.05, 3.63) is 65.0 Å². The standard InChI is InChI=1S/C19H21FN2O3S/c1-13(2)21-26(24,25)18-8-5-14-9-10-22(12-16(14)11-18)19(23)15-3-6-17(20)7-4-15/h3-8,11,13,21H,9-10,12H2,1-2H3. The quantitative estimate of drug-likeness (QED) is 0.892. The largest absolute Gasteiger partial charge is 0.334 e. The first-order chi connectivity index (χ1) is 12.3. The summed E-state index contributed by atoms with van der Waals surface area (Å²) in [6.07, 6.45) is 0.653. The molecule has 0 fully saturated rings. The van der Waals surface area contributed by atoms with E-state index in [-0.39, 0.29) is 16.8 Å². The van der Waals surface area contributed by atoms with Crippen molar-refractivity contribution in [1.82, 2.24) is 9.62 Å². The number of rotatable bonds is 4. The molecule has 0 spiro atoms. The Bertz CT molecular complexity index is 924. The molecule has 0 saturated heterocycles. The highest BCUT2D eigenvalue weighted by Gasteiger charge is 2.24. The van der Waals surface area contributed by atoms with E-state index in [9.17, 15) is 17.6 Å². The Morgan fingerprint density at radius 3 is 2.46 bits per heavy atom. The van der Waals surface area contributed by atoms with Crippen LogP contribution in [0.3, 0.4) is 0 Å². The van der Waals surface area contributed by atoms with Crippen molar-refractivity contribution >= 4 is 15.9 Å². The van der Waals surface area contributed by atoms with E-state index in [0.29, 0.717) is 25.1 Å². The summed E-state index contributed by atoms with van der Waals surface area (Å²) in [5, 5.41) is 0. The molecule has 1 aliphatic rings. The first kappa shape index (κ1) is 18.5. The maximum atomic E-state index is 13.0. The van der Waals surface area contributed by atoms with E-state index in [4.69, 9.17) is 0 Å². The van der Waals surface area contributed by atoms with E-state index in [1.807, 2.05) is 6.07 Å². The van der Waals surface area contributed by atoms with E-state index >= 15 is 0 Å². The van der Waals surface area contributed by atoms with Gasteiger partial charge in [0.15, 0.2) is 0 Å². The molecule has 0 aromatic heterocycles. The lowest BCUT2D eigenvalue weighted by Gasteiger charge is -2.29. The highest BCUT2D eigenvalue weighted by Crippen LogP contribution is 2.24. The number of carbonyl (C=O) groups excluding carboxylic acids is 1. The van der Waals surface area contributed by atoms with Gasteiger partial charge in [-0.25, -0.2) is 17.5 Å². The highest BCUT2D eigenvalue weighted by molar-refractivity contribution is 7.89. The number of halogens is 1. The van der Waals surface area contributed by atoms with Crippen LogP contribution >= 0.6 is 0 Å². The molecule has 1 aliphatic heterocycles. The molecular weight excluding hydrogens is 355 g/mol. The van der Waals surface area contributed by atoms with E-state index in [0.717, 1.165) is 11.1 Å². The lowest BCUT2D eigenvalue weighted by atomic mass is 9.99. The van der Waals surface area contributed by atoms with Crippen molar-refractivity contribution in [2.24, 2.45) is 0 Å². The Hall–Kier alpha value is -2.25. The van der Waals surface area contributed by atoms with Crippen LogP contribution in [0.1, 0.15) is 35.3 Å². The fourth-order valence-electron chi connectivity index (χ4n) is 3.03. The number of sulfonamides is 1. The molecule has 138 valence electrons. The van der Waals surface area contributed by atoms with Crippen molar-refractivity contribution in [3.63, 3.8) is 0 Å². The Labute approximate surface area is 152 Å². The van der Waals surface area contributed by atoms with Crippen LogP contribution in [-0.2, 0) is 23.0 Å². The van der Waals surface area contributed by atoms with Gasteiger partial charge in [-0.05, 0) is 67.8 Å². The minimum Gasteiger partial charge on any atom is -0.334 e. The Morgan fingerprint density at radius 1 is 1.12 bits per heavy atom. The zero-order chi connectivity index (χ0) is 18.9. The number of hydrogen-bond donors (Lipinski definition) is 1. The van der Waals surface area contributed by atoms with Crippen LogP contribution in [0.5, 0.6) is 0 Å². The van der Waals surface area contributed by atoms with Crippen molar-refractivity contribution in [2.45, 2.75) is 37.8 Å². The van der Waals surface area contributed by atoms with Gasteiger partial charge < -0.3 is 4.90 Å². The zero-order valence-corrected chi connectivity index (χ0v) is 15.5. The van der Waals surface area contributed by atoms with E-state index in [2.05, 4.69) is 4.72 Å². The third-order valence-corrected chi connectivity index (χ3v) is 5.93. The Balaban J connectivity index is 1.84. The number of nitrogens with one attached hydrogen (secondary N) is 1. The van der Waals surface area contributed by atoms with Crippen LogP contribution in [0.4, 0.5) is 4.39 Å². The Morgan fingerprint density at radius 2 is 1.81 bits per heavy atom. The topological polar surface area (TPSA) is 66.5 Å². The van der Waals surface area contributed by atoms with E-state index in [1.165, 1.54) is 24.3 Å². The van der Waals surface area contributed by atoms with Crippen molar-refractivity contribution in [2.75, 3.05) is 6.54 Å². The lowest BCUT2D eigenvalue weighted by Crippen LogP contribution is -2.36. The second kappa shape index (κ2) is 7.17. The molecule has 0 aliphatic carbocycles. The van der Waals surface area contributed by atoms with Gasteiger partial charge in [0.25, 0.3) is 5.91 Å². The van der Waals surface area contributed by atoms with Crippen molar-refractivity contribution in [1.29, 1.82) is 0 Å². The number of fused-ring (bicyclic) bond motifs is 1. The van der Waals surface area contributed by atoms with Crippen molar-refractivity contribution < 1.29 is 17.6 Å². The van der Waals surface area contributed by atoms with Crippen LogP contribution in [0.2, 0.25) is 0 Å². The minimum absolute atomic E-state index is 0.191. The first-order valence-corrected chi connectivity index (χ1v) is 9.93. The van der Waals surface area contributed by atoms with Gasteiger partial charge in [-0.2, -0.15) is 0 Å². The van der Waals surface area contributed by atoms with Gasteiger partial charge in [0.2, 0.25) is 10.0 Å².